The van der Waals surface area contributed by atoms with Crippen LogP contribution in [0.15, 0.2) is 11.6 Å². The molecule has 0 saturated heterocycles. The minimum absolute atomic E-state index is 0.234. The van der Waals surface area contributed by atoms with E-state index in [9.17, 15) is 4.79 Å². The summed E-state index contributed by atoms with van der Waals surface area (Å²) in [5.74, 6) is 3.47. The summed E-state index contributed by atoms with van der Waals surface area (Å²) in [4.78, 5) is 11.2. The molecule has 0 aliphatic heterocycles. The third-order valence-electron chi connectivity index (χ3n) is 4.47. The number of ketones is 1. The molecule has 1 nitrogen and oxygen atoms in total. The zero-order valence-corrected chi connectivity index (χ0v) is 10.1. The second kappa shape index (κ2) is 4.11. The van der Waals surface area contributed by atoms with Crippen molar-refractivity contribution in [2.45, 2.75) is 46.5 Å². The smallest absolute Gasteiger partial charge is 0.152 e. The van der Waals surface area contributed by atoms with Gasteiger partial charge < -0.3 is 0 Å². The first kappa shape index (κ1) is 10.9. The number of rotatable bonds is 1. The lowest BCUT2D eigenvalue weighted by Gasteiger charge is -2.35. The van der Waals surface area contributed by atoms with E-state index in [1.165, 1.54) is 24.8 Å². The largest absolute Gasteiger partial charge is 0.295 e. The van der Waals surface area contributed by atoms with Crippen LogP contribution < -0.4 is 0 Å². The standard InChI is InChI=1S/C14H22O/c1-9-4-6-12(8-11(3)15)14-10(2)5-7-13(9)14/h8-10,13-14H,4-7H2,1-3H3/b12-8+/t9-,10-,13-,14+/m0/s1. The fourth-order valence-corrected chi connectivity index (χ4v) is 3.72. The summed E-state index contributed by atoms with van der Waals surface area (Å²) in [5.41, 5.74) is 1.45. The van der Waals surface area contributed by atoms with Crippen molar-refractivity contribution in [1.82, 2.24) is 0 Å². The topological polar surface area (TPSA) is 17.1 Å². The van der Waals surface area contributed by atoms with Crippen molar-refractivity contribution < 1.29 is 4.79 Å². The van der Waals surface area contributed by atoms with Gasteiger partial charge in [0.2, 0.25) is 0 Å². The molecule has 2 aliphatic rings. The van der Waals surface area contributed by atoms with E-state index >= 15 is 0 Å². The van der Waals surface area contributed by atoms with Crippen molar-refractivity contribution in [3.63, 3.8) is 0 Å². The molecule has 2 rings (SSSR count). The van der Waals surface area contributed by atoms with Crippen LogP contribution in [0, 0.1) is 23.7 Å². The average Bonchev–Trinajstić information content (AvgIpc) is 2.54. The first-order chi connectivity index (χ1) is 7.09. The summed E-state index contributed by atoms with van der Waals surface area (Å²) in [6.45, 7) is 6.43. The predicted molar refractivity (Wildman–Crippen MR) is 62.5 cm³/mol. The van der Waals surface area contributed by atoms with Crippen LogP contribution in [0.1, 0.15) is 46.5 Å². The Bertz CT molecular complexity index is 290. The Morgan fingerprint density at radius 1 is 1.20 bits per heavy atom. The van der Waals surface area contributed by atoms with E-state index in [4.69, 9.17) is 0 Å². The average molecular weight is 206 g/mol. The zero-order chi connectivity index (χ0) is 11.0. The van der Waals surface area contributed by atoms with Crippen LogP contribution in [-0.2, 0) is 4.79 Å². The van der Waals surface area contributed by atoms with Crippen LogP contribution in [-0.4, -0.2) is 5.78 Å². The van der Waals surface area contributed by atoms with Crippen LogP contribution in [0.2, 0.25) is 0 Å². The second-order valence-electron chi connectivity index (χ2n) is 5.59. The summed E-state index contributed by atoms with van der Waals surface area (Å²) >= 11 is 0. The zero-order valence-electron chi connectivity index (χ0n) is 10.1. The maximum Gasteiger partial charge on any atom is 0.152 e. The van der Waals surface area contributed by atoms with Gasteiger partial charge in [0.15, 0.2) is 5.78 Å². The van der Waals surface area contributed by atoms with Crippen LogP contribution in [0.5, 0.6) is 0 Å². The van der Waals surface area contributed by atoms with E-state index in [2.05, 4.69) is 13.8 Å². The van der Waals surface area contributed by atoms with Crippen LogP contribution in [0.25, 0.3) is 0 Å². The molecule has 0 N–H and O–H groups in total. The highest BCUT2D eigenvalue weighted by Gasteiger charge is 2.41. The normalized spacial score (nSPS) is 43.0. The lowest BCUT2D eigenvalue weighted by atomic mass is 9.69. The Morgan fingerprint density at radius 2 is 1.93 bits per heavy atom. The molecule has 2 fully saturated rings. The molecule has 84 valence electrons. The van der Waals surface area contributed by atoms with Gasteiger partial charge in [-0.05, 0) is 62.4 Å². The molecular formula is C14H22O. The Balaban J connectivity index is 2.24. The third kappa shape index (κ3) is 2.02. The van der Waals surface area contributed by atoms with Gasteiger partial charge in [0.1, 0.15) is 0 Å². The molecular weight excluding hydrogens is 184 g/mol. The summed E-state index contributed by atoms with van der Waals surface area (Å²) in [6.07, 6.45) is 7.10. The summed E-state index contributed by atoms with van der Waals surface area (Å²) in [6, 6.07) is 0. The van der Waals surface area contributed by atoms with Gasteiger partial charge in [-0.15, -0.1) is 0 Å². The molecule has 0 aromatic heterocycles. The molecule has 0 spiro atoms. The minimum atomic E-state index is 0.234. The lowest BCUT2D eigenvalue weighted by molar-refractivity contribution is -0.112. The number of hydrogen-bond acceptors (Lipinski definition) is 1. The Labute approximate surface area is 92.9 Å². The number of carbonyl (C=O) groups is 1. The molecule has 2 aliphatic carbocycles. The quantitative estimate of drug-likeness (QED) is 0.599. The van der Waals surface area contributed by atoms with Gasteiger partial charge in [-0.2, -0.15) is 0 Å². The van der Waals surface area contributed by atoms with Gasteiger partial charge >= 0.3 is 0 Å². The van der Waals surface area contributed by atoms with Crippen molar-refractivity contribution in [3.8, 4) is 0 Å². The maximum atomic E-state index is 11.2. The highest BCUT2D eigenvalue weighted by Crippen LogP contribution is 2.50. The molecule has 0 bridgehead atoms. The predicted octanol–water partition coefficient (Wildman–Crippen LogP) is 3.59. The monoisotopic (exact) mass is 206 g/mol. The second-order valence-corrected chi connectivity index (χ2v) is 5.59. The number of fused-ring (bicyclic) bond motifs is 1. The third-order valence-corrected chi connectivity index (χ3v) is 4.47. The van der Waals surface area contributed by atoms with E-state index in [1.54, 1.807) is 6.92 Å². The molecule has 0 unspecified atom stereocenters. The molecule has 0 heterocycles. The van der Waals surface area contributed by atoms with Crippen LogP contribution in [0.3, 0.4) is 0 Å². The van der Waals surface area contributed by atoms with E-state index in [-0.39, 0.29) is 5.78 Å². The summed E-state index contributed by atoms with van der Waals surface area (Å²) < 4.78 is 0. The summed E-state index contributed by atoms with van der Waals surface area (Å²) in [7, 11) is 0. The molecule has 1 heteroatoms. The van der Waals surface area contributed by atoms with Gasteiger partial charge in [-0.25, -0.2) is 0 Å². The molecule has 2 saturated carbocycles. The summed E-state index contributed by atoms with van der Waals surface area (Å²) in [5, 5.41) is 0. The first-order valence-electron chi connectivity index (χ1n) is 6.30. The van der Waals surface area contributed by atoms with Gasteiger partial charge in [-0.1, -0.05) is 19.4 Å². The van der Waals surface area contributed by atoms with E-state index in [1.807, 2.05) is 6.08 Å². The number of carbonyl (C=O) groups excluding carboxylic acids is 1. The maximum absolute atomic E-state index is 11.2. The fraction of sp³-hybridized carbons (Fsp3) is 0.786. The lowest BCUT2D eigenvalue weighted by Crippen LogP contribution is -2.27. The molecule has 4 atom stereocenters. The van der Waals surface area contributed by atoms with Crippen LogP contribution in [0.4, 0.5) is 0 Å². The fourth-order valence-electron chi connectivity index (χ4n) is 3.72. The van der Waals surface area contributed by atoms with E-state index in [0.29, 0.717) is 0 Å². The number of hydrogen-bond donors (Lipinski definition) is 0. The van der Waals surface area contributed by atoms with Gasteiger partial charge in [0, 0.05) is 0 Å². The minimum Gasteiger partial charge on any atom is -0.295 e. The molecule has 0 radical (unpaired) electrons. The highest BCUT2D eigenvalue weighted by molar-refractivity contribution is 5.88. The Morgan fingerprint density at radius 3 is 2.60 bits per heavy atom. The molecule has 0 amide bonds. The van der Waals surface area contributed by atoms with Crippen molar-refractivity contribution in [1.29, 1.82) is 0 Å². The molecule has 15 heavy (non-hydrogen) atoms. The van der Waals surface area contributed by atoms with Gasteiger partial charge in [-0.3, -0.25) is 4.79 Å². The van der Waals surface area contributed by atoms with Crippen molar-refractivity contribution in [2.24, 2.45) is 23.7 Å². The van der Waals surface area contributed by atoms with Gasteiger partial charge in [0.25, 0.3) is 0 Å². The van der Waals surface area contributed by atoms with Gasteiger partial charge in [0.05, 0.1) is 0 Å². The highest BCUT2D eigenvalue weighted by atomic mass is 16.1. The molecule has 0 aromatic carbocycles. The Hall–Kier alpha value is -0.590. The SMILES string of the molecule is CC(=O)/C=C1\CC[C@H](C)[C@@H]2CC[C@H](C)[C@H]12. The van der Waals surface area contributed by atoms with E-state index in [0.717, 1.165) is 30.1 Å². The molecule has 0 aromatic rings. The van der Waals surface area contributed by atoms with Crippen LogP contribution >= 0.6 is 0 Å². The Kier molecular flexibility index (Phi) is 2.99. The van der Waals surface area contributed by atoms with Crippen molar-refractivity contribution in [2.75, 3.05) is 0 Å². The number of allylic oxidation sites excluding steroid dienone is 2. The van der Waals surface area contributed by atoms with Crippen molar-refractivity contribution in [3.05, 3.63) is 11.6 Å². The first-order valence-corrected chi connectivity index (χ1v) is 6.30. The van der Waals surface area contributed by atoms with E-state index < -0.39 is 0 Å². The van der Waals surface area contributed by atoms with Crippen molar-refractivity contribution >= 4 is 5.78 Å².